The van der Waals surface area contributed by atoms with Crippen molar-refractivity contribution in [2.24, 2.45) is 11.8 Å². The molecule has 3 rings (SSSR count). The van der Waals surface area contributed by atoms with Gasteiger partial charge in [0, 0.05) is 17.2 Å². The fourth-order valence-electron chi connectivity index (χ4n) is 3.36. The molecule has 2 aromatic carbocycles. The van der Waals surface area contributed by atoms with E-state index in [2.05, 4.69) is 0 Å². The molecule has 150 valence electrons. The number of hydrogen-bond acceptors (Lipinski definition) is 3. The molecule has 1 saturated carbocycles. The van der Waals surface area contributed by atoms with E-state index in [-0.39, 0.29) is 18.5 Å². The summed E-state index contributed by atoms with van der Waals surface area (Å²) in [4.78, 5) is 12.6. The highest BCUT2D eigenvalue weighted by Crippen LogP contribution is 2.38. The molecule has 0 saturated heterocycles. The summed E-state index contributed by atoms with van der Waals surface area (Å²) in [5.41, 5.74) is 2.14. The Balaban J connectivity index is 2.03. The molecule has 0 amide bonds. The number of esters is 1. The maximum atomic E-state index is 15.1. The third-order valence-electron chi connectivity index (χ3n) is 5.01. The van der Waals surface area contributed by atoms with Crippen LogP contribution < -0.4 is 4.74 Å². The van der Waals surface area contributed by atoms with Crippen LogP contribution in [0.15, 0.2) is 42.5 Å². The lowest BCUT2D eigenvalue weighted by atomic mass is 9.88. The van der Waals surface area contributed by atoms with Gasteiger partial charge in [0.1, 0.15) is 11.6 Å². The van der Waals surface area contributed by atoms with Gasteiger partial charge in [0.05, 0.1) is 19.1 Å². The van der Waals surface area contributed by atoms with E-state index >= 15 is 4.39 Å². The number of ether oxygens (including phenoxy) is 2. The second kappa shape index (κ2) is 9.22. The smallest absolute Gasteiger partial charge is 0.313 e. The normalized spacial score (nSPS) is 14.8. The van der Waals surface area contributed by atoms with Gasteiger partial charge in [-0.25, -0.2) is 4.39 Å². The summed E-state index contributed by atoms with van der Waals surface area (Å²) in [6.45, 7) is 6.70. The Hall–Kier alpha value is -2.36. The van der Waals surface area contributed by atoms with E-state index in [9.17, 15) is 4.79 Å². The highest BCUT2D eigenvalue weighted by Gasteiger charge is 2.28. The monoisotopic (exact) mass is 384 g/mol. The van der Waals surface area contributed by atoms with Gasteiger partial charge in [-0.05, 0) is 49.7 Å². The zero-order valence-electron chi connectivity index (χ0n) is 16.9. The van der Waals surface area contributed by atoms with Crippen LogP contribution in [0.3, 0.4) is 0 Å². The lowest BCUT2D eigenvalue weighted by Crippen LogP contribution is -2.19. The first kappa shape index (κ1) is 20.4. The molecular formula is C24H29FO3. The van der Waals surface area contributed by atoms with Gasteiger partial charge in [-0.1, -0.05) is 44.2 Å². The lowest BCUT2D eigenvalue weighted by Gasteiger charge is -2.21. The molecule has 3 nitrogen and oxygen atoms in total. The molecule has 1 aliphatic rings. The first-order valence-electron chi connectivity index (χ1n) is 10.2. The minimum atomic E-state index is -0.625. The largest absolute Gasteiger partial charge is 0.493 e. The second-order valence-electron chi connectivity index (χ2n) is 7.92. The fraction of sp³-hybridized carbons (Fsp3) is 0.458. The summed E-state index contributed by atoms with van der Waals surface area (Å²) in [6, 6.07) is 13.0. The van der Waals surface area contributed by atoms with Crippen molar-refractivity contribution >= 4 is 5.97 Å². The van der Waals surface area contributed by atoms with E-state index in [0.717, 1.165) is 11.1 Å². The van der Waals surface area contributed by atoms with E-state index in [0.29, 0.717) is 30.3 Å². The van der Waals surface area contributed by atoms with Crippen LogP contribution in [0.2, 0.25) is 0 Å². The molecule has 1 fully saturated rings. The van der Waals surface area contributed by atoms with Crippen LogP contribution in [0, 0.1) is 17.7 Å². The maximum Gasteiger partial charge on any atom is 0.313 e. The Bertz CT molecular complexity index is 797. The minimum absolute atomic E-state index is 0.236. The van der Waals surface area contributed by atoms with Crippen molar-refractivity contribution in [3.05, 3.63) is 53.8 Å². The zero-order chi connectivity index (χ0) is 20.1. The van der Waals surface area contributed by atoms with Crippen LogP contribution in [0.5, 0.6) is 5.75 Å². The minimum Gasteiger partial charge on any atom is -0.493 e. The van der Waals surface area contributed by atoms with E-state index < -0.39 is 11.7 Å². The predicted octanol–water partition coefficient (Wildman–Crippen LogP) is 5.97. The average molecular weight is 384 g/mol. The molecule has 1 atom stereocenters. The fourth-order valence-corrected chi connectivity index (χ4v) is 3.36. The van der Waals surface area contributed by atoms with E-state index in [1.54, 1.807) is 13.0 Å². The maximum absolute atomic E-state index is 15.1. The molecule has 0 bridgehead atoms. The summed E-state index contributed by atoms with van der Waals surface area (Å²) in [6.07, 6.45) is 2.87. The Morgan fingerprint density at radius 2 is 1.89 bits per heavy atom. The molecule has 28 heavy (non-hydrogen) atoms. The van der Waals surface area contributed by atoms with Crippen LogP contribution >= 0.6 is 0 Å². The van der Waals surface area contributed by atoms with Crippen molar-refractivity contribution in [2.45, 2.75) is 46.0 Å². The summed E-state index contributed by atoms with van der Waals surface area (Å²) >= 11 is 0. The van der Waals surface area contributed by atoms with Crippen LogP contribution in [-0.4, -0.2) is 19.2 Å². The molecule has 0 radical (unpaired) electrons. The van der Waals surface area contributed by atoms with Crippen molar-refractivity contribution < 1.29 is 18.7 Å². The van der Waals surface area contributed by atoms with Crippen LogP contribution in [0.25, 0.3) is 11.1 Å². The summed E-state index contributed by atoms with van der Waals surface area (Å²) < 4.78 is 26.3. The number of hydrogen-bond donors (Lipinski definition) is 0. The molecule has 0 aromatic heterocycles. The van der Waals surface area contributed by atoms with Crippen LogP contribution in [0.1, 0.15) is 51.5 Å². The third-order valence-corrected chi connectivity index (χ3v) is 5.01. The Kier molecular flexibility index (Phi) is 6.71. The summed E-state index contributed by atoms with van der Waals surface area (Å²) in [5.74, 6) is -0.0734. The van der Waals surface area contributed by atoms with Crippen molar-refractivity contribution in [3.8, 4) is 16.9 Å². The lowest BCUT2D eigenvalue weighted by molar-refractivity contribution is -0.145. The zero-order valence-corrected chi connectivity index (χ0v) is 16.9. The third kappa shape index (κ3) is 5.12. The highest BCUT2D eigenvalue weighted by molar-refractivity contribution is 5.80. The Labute approximate surface area is 166 Å². The van der Waals surface area contributed by atoms with Crippen molar-refractivity contribution in [3.63, 3.8) is 0 Å². The van der Waals surface area contributed by atoms with E-state index in [1.165, 1.54) is 18.9 Å². The first-order valence-corrected chi connectivity index (χ1v) is 10.2. The quantitative estimate of drug-likeness (QED) is 0.499. The van der Waals surface area contributed by atoms with Gasteiger partial charge in [-0.15, -0.1) is 0 Å². The standard InChI is InChI=1S/C24H29FO3/c1-4-27-24(26)21(12-16(2)3)20-13-19(18-8-6-5-7-9-18)23(14-22(20)25)28-15-17-10-11-17/h5-9,13-14,16-17,21H,4,10-12,15H2,1-3H3. The second-order valence-corrected chi connectivity index (χ2v) is 7.92. The van der Waals surface area contributed by atoms with E-state index in [1.807, 2.05) is 44.2 Å². The topological polar surface area (TPSA) is 35.5 Å². The molecule has 0 spiro atoms. The van der Waals surface area contributed by atoms with Gasteiger partial charge in [0.15, 0.2) is 0 Å². The molecule has 1 aliphatic carbocycles. The number of rotatable bonds is 9. The summed E-state index contributed by atoms with van der Waals surface area (Å²) in [7, 11) is 0. The van der Waals surface area contributed by atoms with Gasteiger partial charge >= 0.3 is 5.97 Å². The highest BCUT2D eigenvalue weighted by atomic mass is 19.1. The Morgan fingerprint density at radius 1 is 1.18 bits per heavy atom. The molecule has 0 heterocycles. The van der Waals surface area contributed by atoms with Crippen molar-refractivity contribution in [1.82, 2.24) is 0 Å². The first-order chi connectivity index (χ1) is 13.5. The predicted molar refractivity (Wildman–Crippen MR) is 109 cm³/mol. The van der Waals surface area contributed by atoms with Gasteiger partial charge in [-0.3, -0.25) is 4.79 Å². The van der Waals surface area contributed by atoms with Crippen LogP contribution in [-0.2, 0) is 9.53 Å². The molecule has 2 aromatic rings. The number of halogens is 1. The molecule has 4 heteroatoms. The number of benzene rings is 2. The van der Waals surface area contributed by atoms with Gasteiger partial charge in [0.25, 0.3) is 0 Å². The summed E-state index contributed by atoms with van der Waals surface area (Å²) in [5, 5.41) is 0. The number of carbonyl (C=O) groups excluding carboxylic acids is 1. The van der Waals surface area contributed by atoms with Crippen molar-refractivity contribution in [1.29, 1.82) is 0 Å². The van der Waals surface area contributed by atoms with Gasteiger partial charge in [-0.2, -0.15) is 0 Å². The Morgan fingerprint density at radius 3 is 2.50 bits per heavy atom. The van der Waals surface area contributed by atoms with E-state index in [4.69, 9.17) is 9.47 Å². The molecule has 0 aliphatic heterocycles. The van der Waals surface area contributed by atoms with Gasteiger partial charge < -0.3 is 9.47 Å². The molecule has 1 unspecified atom stereocenters. The average Bonchev–Trinajstić information content (AvgIpc) is 3.50. The number of carbonyl (C=O) groups is 1. The molecule has 0 N–H and O–H groups in total. The van der Waals surface area contributed by atoms with Gasteiger partial charge in [0.2, 0.25) is 0 Å². The van der Waals surface area contributed by atoms with Crippen molar-refractivity contribution in [2.75, 3.05) is 13.2 Å². The SMILES string of the molecule is CCOC(=O)C(CC(C)C)c1cc(-c2ccccc2)c(OCC2CC2)cc1F. The van der Waals surface area contributed by atoms with Crippen LogP contribution in [0.4, 0.5) is 4.39 Å². The molecular weight excluding hydrogens is 355 g/mol.